The highest BCUT2D eigenvalue weighted by molar-refractivity contribution is 5.24. The molecule has 0 spiro atoms. The zero-order chi connectivity index (χ0) is 18.5. The summed E-state index contributed by atoms with van der Waals surface area (Å²) in [4.78, 5) is 8.42. The number of rotatable bonds is 8. The fourth-order valence-corrected chi connectivity index (χ4v) is 4.02. The van der Waals surface area contributed by atoms with E-state index in [-0.39, 0.29) is 10.8 Å². The van der Waals surface area contributed by atoms with Crippen LogP contribution in [0.2, 0.25) is 0 Å². The molecule has 2 atom stereocenters. The first-order valence-corrected chi connectivity index (χ1v) is 9.62. The number of hydrogen-bond donors (Lipinski definition) is 0. The van der Waals surface area contributed by atoms with Crippen molar-refractivity contribution < 1.29 is 0 Å². The summed E-state index contributed by atoms with van der Waals surface area (Å²) in [5.41, 5.74) is 3.07. The molecule has 0 aromatic carbocycles. The predicted molar refractivity (Wildman–Crippen MR) is 107 cm³/mol. The minimum atomic E-state index is 0.135. The molecule has 136 valence electrons. The highest BCUT2D eigenvalue weighted by Crippen LogP contribution is 2.56. The molecule has 0 bridgehead atoms. The van der Waals surface area contributed by atoms with E-state index in [2.05, 4.69) is 75.8 Å². The highest BCUT2D eigenvalue weighted by Gasteiger charge is 2.46. The quantitative estimate of drug-likeness (QED) is 0.541. The van der Waals surface area contributed by atoms with Crippen LogP contribution in [0.1, 0.15) is 83.8 Å². The summed E-state index contributed by atoms with van der Waals surface area (Å²) in [7, 11) is 0. The van der Waals surface area contributed by atoms with Gasteiger partial charge in [-0.2, -0.15) is 0 Å². The van der Waals surface area contributed by atoms with Crippen LogP contribution in [-0.2, 0) is 0 Å². The van der Waals surface area contributed by atoms with Crippen LogP contribution >= 0.6 is 0 Å². The average molecular weight is 339 g/mol. The third-order valence-electron chi connectivity index (χ3n) is 6.78. The molecule has 0 radical (unpaired) electrons. The summed E-state index contributed by atoms with van der Waals surface area (Å²) >= 11 is 0. The van der Waals surface area contributed by atoms with Crippen molar-refractivity contribution in [1.82, 2.24) is 9.97 Å². The molecule has 0 aliphatic carbocycles. The van der Waals surface area contributed by atoms with Crippen molar-refractivity contribution in [2.75, 3.05) is 0 Å². The normalized spacial score (nSPS) is 15.0. The van der Waals surface area contributed by atoms with Crippen LogP contribution < -0.4 is 0 Å². The van der Waals surface area contributed by atoms with E-state index in [1.54, 1.807) is 0 Å². The third kappa shape index (κ3) is 4.11. The lowest BCUT2D eigenvalue weighted by molar-refractivity contribution is 0.0472. The molecule has 0 saturated heterocycles. The molecule has 2 aromatic rings. The standard InChI is InChI=1S/C23H34N2/c1-7-8-9-21(20-12-16-25-17-13-20)23(5,6)22(3,4)18(2)19-10-14-24-15-11-19/h10-18,21H,7-9H2,1-6H3. The molecule has 0 aliphatic rings. The first-order chi connectivity index (χ1) is 11.8. The summed E-state index contributed by atoms with van der Waals surface area (Å²) in [6, 6.07) is 8.73. The van der Waals surface area contributed by atoms with Gasteiger partial charge in [-0.3, -0.25) is 9.97 Å². The number of aromatic nitrogens is 2. The minimum Gasteiger partial charge on any atom is -0.265 e. The molecule has 2 nitrogen and oxygen atoms in total. The fraction of sp³-hybridized carbons (Fsp3) is 0.565. The Morgan fingerprint density at radius 3 is 1.76 bits per heavy atom. The van der Waals surface area contributed by atoms with Gasteiger partial charge >= 0.3 is 0 Å². The summed E-state index contributed by atoms with van der Waals surface area (Å²) in [5, 5.41) is 0. The van der Waals surface area contributed by atoms with Crippen molar-refractivity contribution in [2.45, 2.75) is 72.6 Å². The molecule has 0 N–H and O–H groups in total. The molecule has 0 aliphatic heterocycles. The Labute approximate surface area is 154 Å². The van der Waals surface area contributed by atoms with Gasteiger partial charge in [0.15, 0.2) is 0 Å². The van der Waals surface area contributed by atoms with E-state index in [0.29, 0.717) is 11.8 Å². The van der Waals surface area contributed by atoms with E-state index in [0.717, 1.165) is 0 Å². The largest absolute Gasteiger partial charge is 0.265 e. The van der Waals surface area contributed by atoms with Crippen molar-refractivity contribution in [1.29, 1.82) is 0 Å². The van der Waals surface area contributed by atoms with Crippen molar-refractivity contribution in [3.05, 3.63) is 60.2 Å². The van der Waals surface area contributed by atoms with E-state index in [9.17, 15) is 0 Å². The molecular weight excluding hydrogens is 304 g/mol. The molecule has 25 heavy (non-hydrogen) atoms. The van der Waals surface area contributed by atoms with E-state index in [1.165, 1.54) is 30.4 Å². The average Bonchev–Trinajstić information content (AvgIpc) is 2.62. The maximum atomic E-state index is 4.23. The summed E-state index contributed by atoms with van der Waals surface area (Å²) in [6.45, 7) is 14.4. The summed E-state index contributed by atoms with van der Waals surface area (Å²) in [6.07, 6.45) is 11.4. The Morgan fingerprint density at radius 2 is 1.28 bits per heavy atom. The monoisotopic (exact) mass is 338 g/mol. The Hall–Kier alpha value is -1.70. The van der Waals surface area contributed by atoms with Gasteiger partial charge in [0.25, 0.3) is 0 Å². The first-order valence-electron chi connectivity index (χ1n) is 9.62. The topological polar surface area (TPSA) is 25.8 Å². The van der Waals surface area contributed by atoms with Gasteiger partial charge < -0.3 is 0 Å². The number of unbranched alkanes of at least 4 members (excludes halogenated alkanes) is 1. The van der Waals surface area contributed by atoms with Crippen molar-refractivity contribution >= 4 is 0 Å². The van der Waals surface area contributed by atoms with Crippen LogP contribution in [0.25, 0.3) is 0 Å². The second kappa shape index (κ2) is 8.12. The van der Waals surface area contributed by atoms with E-state index in [4.69, 9.17) is 0 Å². The lowest BCUT2D eigenvalue weighted by atomic mass is 9.53. The SMILES string of the molecule is CCCCC(c1ccncc1)C(C)(C)C(C)(C)C(C)c1ccncc1. The molecule has 2 heteroatoms. The molecule has 0 amide bonds. The number of hydrogen-bond acceptors (Lipinski definition) is 2. The Balaban J connectivity index is 2.39. The van der Waals surface area contributed by atoms with Crippen LogP contribution in [0, 0.1) is 10.8 Å². The van der Waals surface area contributed by atoms with Crippen LogP contribution in [0.5, 0.6) is 0 Å². The van der Waals surface area contributed by atoms with Crippen molar-refractivity contribution in [3.8, 4) is 0 Å². The first kappa shape index (κ1) is 19.6. The van der Waals surface area contributed by atoms with Gasteiger partial charge in [0.1, 0.15) is 0 Å². The molecule has 0 fully saturated rings. The van der Waals surface area contributed by atoms with Gasteiger partial charge in [0, 0.05) is 24.8 Å². The second-order valence-electron chi connectivity index (χ2n) is 8.42. The molecule has 2 aromatic heterocycles. The lowest BCUT2D eigenvalue weighted by Crippen LogP contribution is -2.41. The Bertz CT molecular complexity index is 632. The summed E-state index contributed by atoms with van der Waals surface area (Å²) in [5.74, 6) is 0.978. The number of nitrogens with zero attached hydrogens (tertiary/aromatic N) is 2. The highest BCUT2D eigenvalue weighted by atomic mass is 14.6. The number of pyridine rings is 2. The van der Waals surface area contributed by atoms with Gasteiger partial charge in [-0.25, -0.2) is 0 Å². The van der Waals surface area contributed by atoms with Gasteiger partial charge in [-0.15, -0.1) is 0 Å². The zero-order valence-corrected chi connectivity index (χ0v) is 16.8. The Morgan fingerprint density at radius 1 is 0.800 bits per heavy atom. The van der Waals surface area contributed by atoms with Crippen LogP contribution in [0.3, 0.4) is 0 Å². The van der Waals surface area contributed by atoms with Crippen molar-refractivity contribution in [3.63, 3.8) is 0 Å². The lowest BCUT2D eigenvalue weighted by Gasteiger charge is -2.51. The predicted octanol–water partition coefficient (Wildman–Crippen LogP) is 6.61. The maximum absolute atomic E-state index is 4.23. The molecule has 2 unspecified atom stereocenters. The van der Waals surface area contributed by atoms with Crippen molar-refractivity contribution in [2.24, 2.45) is 10.8 Å². The fourth-order valence-electron chi connectivity index (χ4n) is 4.02. The Kier molecular flexibility index (Phi) is 6.37. The van der Waals surface area contributed by atoms with E-state index < -0.39 is 0 Å². The molecule has 2 heterocycles. The third-order valence-corrected chi connectivity index (χ3v) is 6.78. The van der Waals surface area contributed by atoms with Gasteiger partial charge in [-0.1, -0.05) is 54.4 Å². The minimum absolute atomic E-state index is 0.135. The maximum Gasteiger partial charge on any atom is 0.0270 e. The summed E-state index contributed by atoms with van der Waals surface area (Å²) < 4.78 is 0. The second-order valence-corrected chi connectivity index (χ2v) is 8.42. The van der Waals surface area contributed by atoms with E-state index >= 15 is 0 Å². The smallest absolute Gasteiger partial charge is 0.0270 e. The van der Waals surface area contributed by atoms with Gasteiger partial charge in [-0.05, 0) is 64.5 Å². The zero-order valence-electron chi connectivity index (χ0n) is 16.8. The van der Waals surface area contributed by atoms with E-state index in [1.807, 2.05) is 24.8 Å². The van der Waals surface area contributed by atoms with Crippen LogP contribution in [0.4, 0.5) is 0 Å². The van der Waals surface area contributed by atoms with Gasteiger partial charge in [0.05, 0.1) is 0 Å². The van der Waals surface area contributed by atoms with Crippen LogP contribution in [-0.4, -0.2) is 9.97 Å². The molecular formula is C23H34N2. The molecule has 0 saturated carbocycles. The van der Waals surface area contributed by atoms with Crippen LogP contribution in [0.15, 0.2) is 49.1 Å². The molecule has 2 rings (SSSR count). The van der Waals surface area contributed by atoms with Gasteiger partial charge in [0.2, 0.25) is 0 Å².